The summed E-state index contributed by atoms with van der Waals surface area (Å²) in [4.78, 5) is 16.2. The molecule has 2 aromatic heterocycles. The third-order valence-electron chi connectivity index (χ3n) is 7.63. The van der Waals surface area contributed by atoms with Crippen LogP contribution in [0.15, 0.2) is 29.3 Å². The van der Waals surface area contributed by atoms with Crippen molar-refractivity contribution in [3.05, 3.63) is 30.1 Å². The van der Waals surface area contributed by atoms with Gasteiger partial charge in [0.05, 0.1) is 41.8 Å². The third kappa shape index (κ3) is 5.09. The zero-order valence-electron chi connectivity index (χ0n) is 21.3. The summed E-state index contributed by atoms with van der Waals surface area (Å²) in [7, 11) is -1.51. The van der Waals surface area contributed by atoms with Gasteiger partial charge in [-0.2, -0.15) is 5.10 Å². The highest BCUT2D eigenvalue weighted by atomic mass is 32.2. The molecule has 2 unspecified atom stereocenters. The van der Waals surface area contributed by atoms with Crippen molar-refractivity contribution in [1.29, 1.82) is 0 Å². The number of hydrogen-bond donors (Lipinski definition) is 1. The summed E-state index contributed by atoms with van der Waals surface area (Å²) in [6.45, 7) is 5.49. The first-order chi connectivity index (χ1) is 17.9. The number of morpholine rings is 1. The molecular weight excluding hydrogens is 510 g/mol. The molecule has 2 fully saturated rings. The van der Waals surface area contributed by atoms with E-state index in [1.807, 2.05) is 30.1 Å². The number of likely N-dealkylation sites (tertiary alicyclic amines) is 1. The van der Waals surface area contributed by atoms with E-state index in [0.717, 1.165) is 79.2 Å². The van der Waals surface area contributed by atoms with E-state index < -0.39 is 10.0 Å². The van der Waals surface area contributed by atoms with E-state index in [1.54, 1.807) is 7.05 Å². The Morgan fingerprint density at radius 3 is 2.86 bits per heavy atom. The number of nitrogens with zero attached hydrogens (tertiary/aromatic N) is 6. The van der Waals surface area contributed by atoms with E-state index >= 15 is 0 Å². The van der Waals surface area contributed by atoms with Crippen LogP contribution in [0.5, 0.6) is 0 Å². The van der Waals surface area contributed by atoms with Crippen molar-refractivity contribution in [3.63, 3.8) is 0 Å². The highest BCUT2D eigenvalue weighted by molar-refractivity contribution is 8.00. The minimum Gasteiger partial charge on any atom is -0.378 e. The second-order valence-corrected chi connectivity index (χ2v) is 13.6. The summed E-state index contributed by atoms with van der Waals surface area (Å²) >= 11 is 1.88. The van der Waals surface area contributed by atoms with E-state index in [9.17, 15) is 8.42 Å². The number of hydrogen-bond acceptors (Lipinski definition) is 9. The van der Waals surface area contributed by atoms with E-state index in [-0.39, 0.29) is 6.04 Å². The molecule has 6 rings (SSSR count). The van der Waals surface area contributed by atoms with Gasteiger partial charge in [-0.1, -0.05) is 12.1 Å². The Morgan fingerprint density at radius 1 is 1.22 bits per heavy atom. The number of nitrogens with one attached hydrogen (secondary N) is 1. The normalized spacial score (nSPS) is 22.8. The number of anilines is 1. The molecule has 3 aliphatic rings. The van der Waals surface area contributed by atoms with E-state index in [2.05, 4.69) is 26.1 Å². The molecule has 198 valence electrons. The second kappa shape index (κ2) is 10.1. The van der Waals surface area contributed by atoms with Gasteiger partial charge >= 0.3 is 0 Å². The van der Waals surface area contributed by atoms with Crippen molar-refractivity contribution < 1.29 is 13.2 Å². The van der Waals surface area contributed by atoms with Crippen molar-refractivity contribution in [2.75, 3.05) is 64.1 Å². The monoisotopic (exact) mass is 543 g/mol. The molecule has 1 N–H and O–H groups in total. The molecule has 2 saturated heterocycles. The number of benzene rings is 1. The van der Waals surface area contributed by atoms with Crippen LogP contribution in [0.25, 0.3) is 22.3 Å². The molecule has 0 radical (unpaired) electrons. The minimum absolute atomic E-state index is 0.253. The Hall–Kier alpha value is -2.25. The average molecular weight is 544 g/mol. The van der Waals surface area contributed by atoms with Crippen molar-refractivity contribution in [2.24, 2.45) is 0 Å². The number of rotatable bonds is 7. The van der Waals surface area contributed by atoms with E-state index in [1.165, 1.54) is 15.5 Å². The maximum atomic E-state index is 12.0. The van der Waals surface area contributed by atoms with Gasteiger partial charge in [-0.25, -0.2) is 22.7 Å². The molecule has 0 spiro atoms. The van der Waals surface area contributed by atoms with Crippen LogP contribution in [0.1, 0.15) is 18.5 Å². The SMILES string of the molecule is CN(CC1CCCN1CC1Cc2nc(-c3cccc4[nH]ncc34)nc(N3CCOCC3)c2S1)S(C)(=O)=O. The molecule has 0 amide bonds. The Labute approximate surface area is 221 Å². The number of sulfonamides is 1. The Bertz CT molecular complexity index is 1390. The predicted octanol–water partition coefficient (Wildman–Crippen LogP) is 2.23. The van der Waals surface area contributed by atoms with Crippen molar-refractivity contribution >= 4 is 38.5 Å². The van der Waals surface area contributed by atoms with Crippen LogP contribution >= 0.6 is 11.8 Å². The number of fused-ring (bicyclic) bond motifs is 2. The number of aromatic amines is 1. The molecule has 0 saturated carbocycles. The summed E-state index contributed by atoms with van der Waals surface area (Å²) in [5.74, 6) is 1.74. The fourth-order valence-electron chi connectivity index (χ4n) is 5.58. The number of thioether (sulfide) groups is 1. The van der Waals surface area contributed by atoms with E-state index in [0.29, 0.717) is 25.0 Å². The average Bonchev–Trinajstić information content (AvgIpc) is 3.63. The lowest BCUT2D eigenvalue weighted by Gasteiger charge is -2.30. The lowest BCUT2D eigenvalue weighted by atomic mass is 10.1. The van der Waals surface area contributed by atoms with Gasteiger partial charge in [0.2, 0.25) is 10.0 Å². The maximum Gasteiger partial charge on any atom is 0.211 e. The van der Waals surface area contributed by atoms with Gasteiger partial charge in [-0.3, -0.25) is 10.00 Å². The summed E-state index contributed by atoms with van der Waals surface area (Å²) < 4.78 is 31.1. The fourth-order valence-corrected chi connectivity index (χ4v) is 7.41. The fraction of sp³-hybridized carbons (Fsp3) is 0.560. The lowest BCUT2D eigenvalue weighted by molar-refractivity contribution is 0.122. The van der Waals surface area contributed by atoms with Crippen LogP contribution in [-0.4, -0.2) is 108 Å². The van der Waals surface area contributed by atoms with Crippen molar-refractivity contribution in [3.8, 4) is 11.4 Å². The minimum atomic E-state index is -3.18. The molecule has 3 aliphatic heterocycles. The third-order valence-corrected chi connectivity index (χ3v) is 10.2. The van der Waals surface area contributed by atoms with Crippen LogP contribution < -0.4 is 4.90 Å². The molecular formula is C25H33N7O3S2. The van der Waals surface area contributed by atoms with Crippen molar-refractivity contribution in [2.45, 2.75) is 35.4 Å². The number of likely N-dealkylation sites (N-methyl/N-ethyl adjacent to an activating group) is 1. The summed E-state index contributed by atoms with van der Waals surface area (Å²) in [5.41, 5.74) is 3.06. The predicted molar refractivity (Wildman–Crippen MR) is 146 cm³/mol. The zero-order chi connectivity index (χ0) is 25.6. The molecule has 5 heterocycles. The quantitative estimate of drug-likeness (QED) is 0.480. The maximum absolute atomic E-state index is 12.0. The molecule has 37 heavy (non-hydrogen) atoms. The summed E-state index contributed by atoms with van der Waals surface area (Å²) in [6.07, 6.45) is 6.13. The first kappa shape index (κ1) is 25.1. The van der Waals surface area contributed by atoms with Crippen LogP contribution in [-0.2, 0) is 21.2 Å². The number of ether oxygens (including phenoxy) is 1. The second-order valence-electron chi connectivity index (χ2n) is 10.2. The van der Waals surface area contributed by atoms with Gasteiger partial charge in [0.25, 0.3) is 0 Å². The molecule has 1 aromatic carbocycles. The van der Waals surface area contributed by atoms with Gasteiger partial charge < -0.3 is 9.64 Å². The summed E-state index contributed by atoms with van der Waals surface area (Å²) in [6, 6.07) is 6.35. The molecule has 0 aliphatic carbocycles. The van der Waals surface area contributed by atoms with Gasteiger partial charge in [-0.15, -0.1) is 11.8 Å². The van der Waals surface area contributed by atoms with Crippen LogP contribution in [0.4, 0.5) is 5.82 Å². The van der Waals surface area contributed by atoms with E-state index in [4.69, 9.17) is 14.7 Å². The summed E-state index contributed by atoms with van der Waals surface area (Å²) in [5, 5.41) is 8.65. The smallest absolute Gasteiger partial charge is 0.211 e. The Kier molecular flexibility index (Phi) is 6.87. The van der Waals surface area contributed by atoms with Crippen LogP contribution in [0.2, 0.25) is 0 Å². The van der Waals surface area contributed by atoms with Gasteiger partial charge in [0.1, 0.15) is 5.82 Å². The largest absolute Gasteiger partial charge is 0.378 e. The van der Waals surface area contributed by atoms with Crippen LogP contribution in [0.3, 0.4) is 0 Å². The highest BCUT2D eigenvalue weighted by Crippen LogP contribution is 2.44. The standard InChI is InChI=1S/C25H33N7O3S2/c1-30(37(2,33)34)15-17-5-4-8-32(17)16-18-13-22-23(36-18)25(31-9-11-35-12-10-31)28-24(27-22)19-6-3-7-21-20(19)14-26-29-21/h3,6-7,14,17-18H,4-5,8-13,15-16H2,1-2H3,(H,26,29). The molecule has 0 bridgehead atoms. The zero-order valence-corrected chi connectivity index (χ0v) is 22.9. The van der Waals surface area contributed by atoms with Gasteiger partial charge in [0, 0.05) is 61.9 Å². The topological polar surface area (TPSA) is 108 Å². The Morgan fingerprint density at radius 2 is 2.05 bits per heavy atom. The van der Waals surface area contributed by atoms with Crippen molar-refractivity contribution in [1.82, 2.24) is 29.4 Å². The van der Waals surface area contributed by atoms with Gasteiger partial charge in [-0.05, 0) is 25.5 Å². The van der Waals surface area contributed by atoms with Crippen LogP contribution in [0, 0.1) is 0 Å². The number of H-pyrrole nitrogens is 1. The molecule has 2 atom stereocenters. The molecule has 12 heteroatoms. The first-order valence-electron chi connectivity index (χ1n) is 12.8. The number of aromatic nitrogens is 4. The molecule has 3 aromatic rings. The highest BCUT2D eigenvalue weighted by Gasteiger charge is 2.35. The Balaban J connectivity index is 1.28. The molecule has 10 nitrogen and oxygen atoms in total. The lowest BCUT2D eigenvalue weighted by Crippen LogP contribution is -2.43. The van der Waals surface area contributed by atoms with Gasteiger partial charge in [0.15, 0.2) is 5.82 Å². The first-order valence-corrected chi connectivity index (χ1v) is 15.6.